The molecule has 0 aliphatic rings. The molecule has 0 unspecified atom stereocenters. The summed E-state index contributed by atoms with van der Waals surface area (Å²) in [6.45, 7) is 0. The van der Waals surface area contributed by atoms with Crippen molar-refractivity contribution >= 4 is 63.0 Å². The molecule has 50 heavy (non-hydrogen) atoms. The van der Waals surface area contributed by atoms with Gasteiger partial charge in [0.2, 0.25) is 0 Å². The summed E-state index contributed by atoms with van der Waals surface area (Å²) in [6.07, 6.45) is 0. The first kappa shape index (κ1) is 29.0. The van der Waals surface area contributed by atoms with Crippen molar-refractivity contribution in [3.8, 4) is 56.4 Å². The summed E-state index contributed by atoms with van der Waals surface area (Å²) in [5.41, 5.74) is 7.41. The van der Waals surface area contributed by atoms with E-state index in [1.807, 2.05) is 59.1 Å². The summed E-state index contributed by atoms with van der Waals surface area (Å²) >= 11 is 3.68. The van der Waals surface area contributed by atoms with Gasteiger partial charge in [0.15, 0.2) is 17.5 Å². The third-order valence-electron chi connectivity index (χ3n) is 9.31. The van der Waals surface area contributed by atoms with Crippen molar-refractivity contribution in [1.82, 2.24) is 15.0 Å². The van der Waals surface area contributed by atoms with Crippen molar-refractivity contribution in [3.63, 3.8) is 0 Å². The molecule has 234 valence electrons. The predicted molar refractivity (Wildman–Crippen MR) is 213 cm³/mol. The average Bonchev–Trinajstić information content (AvgIpc) is 3.76. The number of fused-ring (bicyclic) bond motifs is 6. The number of rotatable bonds is 5. The van der Waals surface area contributed by atoms with Gasteiger partial charge in [0.1, 0.15) is 0 Å². The molecule has 7 aromatic carbocycles. The quantitative estimate of drug-likeness (QED) is 0.182. The lowest BCUT2D eigenvalue weighted by Crippen LogP contribution is -2.00. The number of nitrogens with zero attached hydrogens (tertiary/aromatic N) is 3. The first-order chi connectivity index (χ1) is 24.7. The lowest BCUT2D eigenvalue weighted by molar-refractivity contribution is 1.07. The van der Waals surface area contributed by atoms with E-state index in [1.54, 1.807) is 0 Å². The van der Waals surface area contributed by atoms with Crippen molar-refractivity contribution in [2.45, 2.75) is 0 Å². The van der Waals surface area contributed by atoms with E-state index < -0.39 is 0 Å². The first-order valence-corrected chi connectivity index (χ1v) is 18.2. The van der Waals surface area contributed by atoms with Gasteiger partial charge < -0.3 is 0 Å². The van der Waals surface area contributed by atoms with Crippen LogP contribution in [0, 0.1) is 0 Å². The van der Waals surface area contributed by atoms with Crippen molar-refractivity contribution in [2.24, 2.45) is 0 Å². The Morgan fingerprint density at radius 1 is 0.260 bits per heavy atom. The molecule has 3 aromatic heterocycles. The monoisotopic (exact) mass is 673 g/mol. The third kappa shape index (κ3) is 5.07. The molecule has 0 aliphatic carbocycles. The Balaban J connectivity index is 1.21. The Hall–Kier alpha value is -6.01. The highest BCUT2D eigenvalue weighted by Gasteiger charge is 2.16. The number of benzene rings is 7. The first-order valence-electron chi connectivity index (χ1n) is 16.6. The highest BCUT2D eigenvalue weighted by Crippen LogP contribution is 2.40. The Morgan fingerprint density at radius 2 is 0.700 bits per heavy atom. The molecule has 3 nitrogen and oxygen atoms in total. The van der Waals surface area contributed by atoms with E-state index >= 15 is 0 Å². The zero-order valence-corrected chi connectivity index (χ0v) is 28.4. The van der Waals surface area contributed by atoms with Crippen molar-refractivity contribution in [1.29, 1.82) is 0 Å². The van der Waals surface area contributed by atoms with Gasteiger partial charge in [0, 0.05) is 57.0 Å². The smallest absolute Gasteiger partial charge is 0.164 e. The summed E-state index contributed by atoms with van der Waals surface area (Å²) in [6, 6.07) is 58.1. The van der Waals surface area contributed by atoms with Crippen LogP contribution >= 0.6 is 22.7 Å². The Labute approximate surface area is 296 Å². The largest absolute Gasteiger partial charge is 0.208 e. The fourth-order valence-electron chi connectivity index (χ4n) is 6.84. The molecule has 0 saturated carbocycles. The van der Waals surface area contributed by atoms with Crippen LogP contribution in [-0.2, 0) is 0 Å². The fraction of sp³-hybridized carbons (Fsp3) is 0. The van der Waals surface area contributed by atoms with Gasteiger partial charge in [0.05, 0.1) is 0 Å². The van der Waals surface area contributed by atoms with Gasteiger partial charge in [-0.15, -0.1) is 22.7 Å². The molecule has 3 heterocycles. The van der Waals surface area contributed by atoms with Gasteiger partial charge in [-0.25, -0.2) is 15.0 Å². The molecule has 0 fully saturated rings. The minimum Gasteiger partial charge on any atom is -0.208 e. The molecule has 10 aromatic rings. The summed E-state index contributed by atoms with van der Waals surface area (Å²) in [4.78, 5) is 15.2. The van der Waals surface area contributed by atoms with Crippen LogP contribution in [0.4, 0.5) is 0 Å². The summed E-state index contributed by atoms with van der Waals surface area (Å²) in [7, 11) is 0. The van der Waals surface area contributed by atoms with E-state index in [0.717, 1.165) is 38.9 Å². The minimum atomic E-state index is 0.644. The second-order valence-electron chi connectivity index (χ2n) is 12.5. The summed E-state index contributed by atoms with van der Waals surface area (Å²) < 4.78 is 5.17. The lowest BCUT2D eigenvalue weighted by atomic mass is 9.94. The summed E-state index contributed by atoms with van der Waals surface area (Å²) in [5, 5.41) is 5.16. The molecule has 5 heteroatoms. The second-order valence-corrected chi connectivity index (χ2v) is 14.6. The maximum atomic E-state index is 5.11. The summed E-state index contributed by atoms with van der Waals surface area (Å²) in [5.74, 6) is 1.95. The zero-order valence-electron chi connectivity index (χ0n) is 26.7. The molecular formula is C45H27N3S2. The second kappa shape index (κ2) is 11.8. The maximum absolute atomic E-state index is 5.11. The van der Waals surface area contributed by atoms with Crippen LogP contribution in [0.25, 0.3) is 96.8 Å². The van der Waals surface area contributed by atoms with Gasteiger partial charge in [-0.1, -0.05) is 115 Å². The average molecular weight is 674 g/mol. The van der Waals surface area contributed by atoms with E-state index in [0.29, 0.717) is 17.5 Å². The molecule has 0 spiro atoms. The molecule has 0 saturated heterocycles. The van der Waals surface area contributed by atoms with Crippen LogP contribution in [0.1, 0.15) is 0 Å². The SMILES string of the molecule is c1ccc(-c2nc(-c3ccccc3)nc(-c3cc(-c4ccc5c(c4)sc4ccccc45)cc(-c4ccc5sc6ccccc6c5c4)c3)n2)cc1. The van der Waals surface area contributed by atoms with Gasteiger partial charge >= 0.3 is 0 Å². The van der Waals surface area contributed by atoms with Crippen molar-refractivity contribution < 1.29 is 0 Å². The number of hydrogen-bond donors (Lipinski definition) is 0. The van der Waals surface area contributed by atoms with Gasteiger partial charge in [0.25, 0.3) is 0 Å². The molecule has 0 aliphatic heterocycles. The molecule has 0 amide bonds. The van der Waals surface area contributed by atoms with Crippen LogP contribution < -0.4 is 0 Å². The van der Waals surface area contributed by atoms with Crippen LogP contribution in [0.5, 0.6) is 0 Å². The van der Waals surface area contributed by atoms with E-state index in [9.17, 15) is 0 Å². The standard InChI is InChI=1S/C45H27N3S2/c1-3-11-28(12-4-1)43-46-44(29-13-5-2-6-14-29)48-45(47-43)34-24-32(30-20-22-41-38(26-30)36-16-8-10-18-40(36)49-41)23-33(25-34)31-19-21-37-35-15-7-9-17-39(35)50-42(37)27-31/h1-27H. The number of thiophene rings is 2. The Bertz CT molecular complexity index is 2810. The van der Waals surface area contributed by atoms with Crippen LogP contribution in [0.2, 0.25) is 0 Å². The minimum absolute atomic E-state index is 0.644. The normalized spacial score (nSPS) is 11.6. The fourth-order valence-corrected chi connectivity index (χ4v) is 9.07. The number of hydrogen-bond acceptors (Lipinski definition) is 5. The maximum Gasteiger partial charge on any atom is 0.164 e. The molecule has 0 bridgehead atoms. The molecular weight excluding hydrogens is 647 g/mol. The van der Waals surface area contributed by atoms with E-state index in [-0.39, 0.29) is 0 Å². The molecule has 0 atom stereocenters. The zero-order chi connectivity index (χ0) is 33.0. The van der Waals surface area contributed by atoms with Crippen LogP contribution in [-0.4, -0.2) is 15.0 Å². The molecule has 0 radical (unpaired) electrons. The van der Waals surface area contributed by atoms with Crippen LogP contribution in [0.15, 0.2) is 164 Å². The van der Waals surface area contributed by atoms with E-state index in [1.165, 1.54) is 40.3 Å². The Kier molecular flexibility index (Phi) is 6.86. The Morgan fingerprint density at radius 3 is 1.34 bits per heavy atom. The van der Waals surface area contributed by atoms with E-state index in [2.05, 4.69) is 127 Å². The molecule has 10 rings (SSSR count). The molecule has 0 N–H and O–H groups in total. The topological polar surface area (TPSA) is 38.7 Å². The van der Waals surface area contributed by atoms with Gasteiger partial charge in [-0.3, -0.25) is 0 Å². The highest BCUT2D eigenvalue weighted by atomic mass is 32.1. The number of aromatic nitrogens is 3. The van der Waals surface area contributed by atoms with Gasteiger partial charge in [-0.2, -0.15) is 0 Å². The van der Waals surface area contributed by atoms with Crippen LogP contribution in [0.3, 0.4) is 0 Å². The third-order valence-corrected chi connectivity index (χ3v) is 11.6. The van der Waals surface area contributed by atoms with Gasteiger partial charge in [-0.05, 0) is 70.8 Å². The van der Waals surface area contributed by atoms with Crippen molar-refractivity contribution in [2.75, 3.05) is 0 Å². The predicted octanol–water partition coefficient (Wildman–Crippen LogP) is 12.9. The van der Waals surface area contributed by atoms with E-state index in [4.69, 9.17) is 15.0 Å². The lowest BCUT2D eigenvalue weighted by Gasteiger charge is -2.13. The highest BCUT2D eigenvalue weighted by molar-refractivity contribution is 7.26. The van der Waals surface area contributed by atoms with Crippen molar-refractivity contribution in [3.05, 3.63) is 164 Å².